The van der Waals surface area contributed by atoms with Crippen LogP contribution in [0.25, 0.3) is 0 Å². The fourth-order valence-electron chi connectivity index (χ4n) is 2.29. The highest BCUT2D eigenvalue weighted by Crippen LogP contribution is 2.36. The summed E-state index contributed by atoms with van der Waals surface area (Å²) in [7, 11) is 0. The molecule has 0 aliphatic heterocycles. The molecule has 0 fully saturated rings. The van der Waals surface area contributed by atoms with E-state index in [4.69, 9.17) is 33.3 Å². The van der Waals surface area contributed by atoms with Gasteiger partial charge in [0.15, 0.2) is 23.2 Å². The zero-order valence-electron chi connectivity index (χ0n) is 16.2. The molecule has 0 heterocycles. The van der Waals surface area contributed by atoms with Crippen molar-refractivity contribution in [2.24, 2.45) is 5.10 Å². The molecule has 0 unspecified atom stereocenters. The number of carbonyl (C=O) groups is 1. The summed E-state index contributed by atoms with van der Waals surface area (Å²) < 4.78 is 11.2. The number of carbonyl (C=O) groups excluding carboxylic acids is 1. The van der Waals surface area contributed by atoms with Crippen LogP contribution in [0.15, 0.2) is 47.6 Å². The van der Waals surface area contributed by atoms with E-state index in [0.717, 1.165) is 0 Å². The maximum Gasteiger partial charge on any atom is 0.262 e. The van der Waals surface area contributed by atoms with E-state index in [1.165, 1.54) is 0 Å². The Morgan fingerprint density at radius 2 is 1.97 bits per heavy atom. The first-order valence-corrected chi connectivity index (χ1v) is 9.83. The molecule has 9 heteroatoms. The van der Waals surface area contributed by atoms with Crippen molar-refractivity contribution in [3.05, 3.63) is 53.1 Å². The number of para-hydroxylation sites is 1. The summed E-state index contributed by atoms with van der Waals surface area (Å²) in [4.78, 5) is 12.1. The molecular formula is C20H23ClN4O3S. The molecule has 0 spiro atoms. The highest BCUT2D eigenvalue weighted by atomic mass is 35.5. The van der Waals surface area contributed by atoms with Gasteiger partial charge in [-0.05, 0) is 55.9 Å². The van der Waals surface area contributed by atoms with Gasteiger partial charge < -0.3 is 20.1 Å². The van der Waals surface area contributed by atoms with Gasteiger partial charge in [-0.15, -0.1) is 0 Å². The maximum absolute atomic E-state index is 12.1. The first kappa shape index (κ1) is 22.4. The monoisotopic (exact) mass is 434 g/mol. The summed E-state index contributed by atoms with van der Waals surface area (Å²) in [5.41, 5.74) is 4.08. The number of nitrogens with zero attached hydrogens (tertiary/aromatic N) is 1. The van der Waals surface area contributed by atoms with Crippen LogP contribution in [-0.4, -0.2) is 37.0 Å². The van der Waals surface area contributed by atoms with Gasteiger partial charge in [0, 0.05) is 12.2 Å². The number of benzene rings is 2. The smallest absolute Gasteiger partial charge is 0.262 e. The highest BCUT2D eigenvalue weighted by molar-refractivity contribution is 7.80. The number of anilines is 1. The maximum atomic E-state index is 12.1. The summed E-state index contributed by atoms with van der Waals surface area (Å²) in [5, 5.41) is 10.5. The van der Waals surface area contributed by atoms with Crippen molar-refractivity contribution < 1.29 is 14.3 Å². The fourth-order valence-corrected chi connectivity index (χ4v) is 2.76. The molecule has 29 heavy (non-hydrogen) atoms. The Morgan fingerprint density at radius 1 is 1.21 bits per heavy atom. The number of hydrogen-bond donors (Lipinski definition) is 3. The Hall–Kier alpha value is -2.84. The number of nitrogens with one attached hydrogen (secondary N) is 3. The van der Waals surface area contributed by atoms with Crippen molar-refractivity contribution in [2.45, 2.75) is 13.8 Å². The van der Waals surface area contributed by atoms with Gasteiger partial charge in [-0.3, -0.25) is 10.2 Å². The van der Waals surface area contributed by atoms with E-state index in [1.807, 2.05) is 32.0 Å². The van der Waals surface area contributed by atoms with Crippen LogP contribution in [0.1, 0.15) is 19.4 Å². The lowest BCUT2D eigenvalue weighted by atomic mass is 10.2. The predicted molar refractivity (Wildman–Crippen MR) is 120 cm³/mol. The standard InChI is InChI=1S/C20H23ClN4O3S/c1-3-22-20(29)25-23-12-14-10-16(21)19(17(11-14)27-4-2)28-13-18(26)24-15-8-6-5-7-9-15/h5-12H,3-4,13H2,1-2H3,(H,24,26)(H2,22,25,29). The molecule has 0 saturated carbocycles. The molecule has 2 aromatic rings. The van der Waals surface area contributed by atoms with Gasteiger partial charge in [0.1, 0.15) is 0 Å². The number of rotatable bonds is 9. The third-order valence-electron chi connectivity index (χ3n) is 3.45. The summed E-state index contributed by atoms with van der Waals surface area (Å²) in [6, 6.07) is 12.5. The fraction of sp³-hybridized carbons (Fsp3) is 0.250. The zero-order valence-corrected chi connectivity index (χ0v) is 17.8. The van der Waals surface area contributed by atoms with Crippen molar-refractivity contribution >= 4 is 46.7 Å². The first-order valence-electron chi connectivity index (χ1n) is 9.04. The Morgan fingerprint density at radius 3 is 2.66 bits per heavy atom. The molecule has 0 saturated heterocycles. The van der Waals surface area contributed by atoms with Crippen molar-refractivity contribution in [1.29, 1.82) is 0 Å². The third-order valence-corrected chi connectivity index (χ3v) is 3.97. The molecule has 1 amide bonds. The van der Waals surface area contributed by atoms with E-state index in [1.54, 1.807) is 30.5 Å². The van der Waals surface area contributed by atoms with E-state index in [2.05, 4.69) is 21.2 Å². The van der Waals surface area contributed by atoms with Gasteiger partial charge in [0.25, 0.3) is 5.91 Å². The largest absolute Gasteiger partial charge is 0.490 e. The van der Waals surface area contributed by atoms with Crippen LogP contribution in [0.5, 0.6) is 11.5 Å². The van der Waals surface area contributed by atoms with Crippen LogP contribution >= 0.6 is 23.8 Å². The minimum atomic E-state index is -0.304. The van der Waals surface area contributed by atoms with Gasteiger partial charge in [0.2, 0.25) is 0 Å². The van der Waals surface area contributed by atoms with Crippen LogP contribution in [-0.2, 0) is 4.79 Å². The normalized spacial score (nSPS) is 10.4. The van der Waals surface area contributed by atoms with Crippen LogP contribution in [0.2, 0.25) is 5.02 Å². The number of hydrogen-bond acceptors (Lipinski definition) is 5. The molecule has 2 aromatic carbocycles. The second kappa shape index (κ2) is 11.9. The molecular weight excluding hydrogens is 412 g/mol. The number of halogens is 1. The summed E-state index contributed by atoms with van der Waals surface area (Å²) >= 11 is 11.4. The van der Waals surface area contributed by atoms with E-state index in [9.17, 15) is 4.79 Å². The molecule has 0 bridgehead atoms. The van der Waals surface area contributed by atoms with Crippen LogP contribution in [0.3, 0.4) is 0 Å². The molecule has 7 nitrogen and oxygen atoms in total. The van der Waals surface area contributed by atoms with E-state index in [-0.39, 0.29) is 12.5 Å². The van der Waals surface area contributed by atoms with Crippen LogP contribution < -0.4 is 25.5 Å². The minimum Gasteiger partial charge on any atom is -0.490 e. The van der Waals surface area contributed by atoms with Crippen LogP contribution in [0, 0.1) is 0 Å². The van der Waals surface area contributed by atoms with Gasteiger partial charge in [-0.25, -0.2) is 0 Å². The van der Waals surface area contributed by atoms with Gasteiger partial charge >= 0.3 is 0 Å². The quantitative estimate of drug-likeness (QED) is 0.318. The average Bonchev–Trinajstić information content (AvgIpc) is 2.68. The lowest BCUT2D eigenvalue weighted by Crippen LogP contribution is -2.31. The lowest BCUT2D eigenvalue weighted by Gasteiger charge is -2.14. The van der Waals surface area contributed by atoms with Gasteiger partial charge in [-0.1, -0.05) is 29.8 Å². The minimum absolute atomic E-state index is 0.208. The lowest BCUT2D eigenvalue weighted by molar-refractivity contribution is -0.118. The molecule has 0 radical (unpaired) electrons. The molecule has 0 aliphatic rings. The van der Waals surface area contributed by atoms with Crippen molar-refractivity contribution in [3.63, 3.8) is 0 Å². The summed E-state index contributed by atoms with van der Waals surface area (Å²) in [6.45, 7) is 4.68. The Bertz CT molecular complexity index is 862. The molecule has 154 valence electrons. The number of ether oxygens (including phenoxy) is 2. The molecule has 3 N–H and O–H groups in total. The summed E-state index contributed by atoms with van der Waals surface area (Å²) in [5.74, 6) is 0.412. The Kier molecular flexibility index (Phi) is 9.20. The molecule has 0 aliphatic carbocycles. The Balaban J connectivity index is 2.05. The summed E-state index contributed by atoms with van der Waals surface area (Å²) in [6.07, 6.45) is 1.56. The average molecular weight is 435 g/mol. The highest BCUT2D eigenvalue weighted by Gasteiger charge is 2.14. The third kappa shape index (κ3) is 7.59. The van der Waals surface area contributed by atoms with Gasteiger partial charge in [-0.2, -0.15) is 5.10 Å². The van der Waals surface area contributed by atoms with Crippen LogP contribution in [0.4, 0.5) is 5.69 Å². The number of hydrazone groups is 1. The molecule has 2 rings (SSSR count). The van der Waals surface area contributed by atoms with Gasteiger partial charge in [0.05, 0.1) is 17.8 Å². The van der Waals surface area contributed by atoms with Crippen molar-refractivity contribution in [3.8, 4) is 11.5 Å². The molecule has 0 atom stereocenters. The Labute approximate surface area is 180 Å². The predicted octanol–water partition coefficient (Wildman–Crippen LogP) is 3.57. The first-order chi connectivity index (χ1) is 14.0. The zero-order chi connectivity index (χ0) is 21.1. The van der Waals surface area contributed by atoms with E-state index >= 15 is 0 Å². The second-order valence-corrected chi connectivity index (χ2v) is 6.51. The second-order valence-electron chi connectivity index (χ2n) is 5.70. The molecule has 0 aromatic heterocycles. The SMILES string of the molecule is CCNC(=S)NN=Cc1cc(Cl)c(OCC(=O)Nc2ccccc2)c(OCC)c1. The van der Waals surface area contributed by atoms with Crippen molar-refractivity contribution in [2.75, 3.05) is 25.1 Å². The van der Waals surface area contributed by atoms with Crippen molar-refractivity contribution in [1.82, 2.24) is 10.7 Å². The topological polar surface area (TPSA) is 84.0 Å². The van der Waals surface area contributed by atoms with E-state index in [0.29, 0.717) is 46.0 Å². The van der Waals surface area contributed by atoms with E-state index < -0.39 is 0 Å². The number of thiocarbonyl (C=S) groups is 1. The number of amides is 1.